The molecular weight excluding hydrogens is 387 g/mol. The molecule has 1 aliphatic heterocycles. The van der Waals surface area contributed by atoms with E-state index in [4.69, 9.17) is 0 Å². The molecule has 1 N–H and O–H groups in total. The second kappa shape index (κ2) is 8.02. The van der Waals surface area contributed by atoms with E-state index in [2.05, 4.69) is 10.4 Å². The minimum atomic E-state index is -3.05. The van der Waals surface area contributed by atoms with E-state index in [1.165, 1.54) is 27.6 Å². The third kappa shape index (κ3) is 3.93. The molecule has 1 unspecified atom stereocenters. The summed E-state index contributed by atoms with van der Waals surface area (Å²) in [5.74, 6) is -4.87. The van der Waals surface area contributed by atoms with Crippen LogP contribution < -0.4 is 10.2 Å². The van der Waals surface area contributed by atoms with Gasteiger partial charge in [0.05, 0.1) is 18.0 Å². The monoisotopic (exact) mass is 411 g/mol. The average Bonchev–Trinajstić information content (AvgIpc) is 2.96. The first-order chi connectivity index (χ1) is 13.7. The zero-order chi connectivity index (χ0) is 21.3. The van der Waals surface area contributed by atoms with E-state index in [1.807, 2.05) is 0 Å². The number of amides is 2. The van der Waals surface area contributed by atoms with Crippen LogP contribution in [0, 0.1) is 5.82 Å². The molecule has 1 fully saturated rings. The van der Waals surface area contributed by atoms with E-state index >= 15 is 0 Å². The van der Waals surface area contributed by atoms with Crippen molar-refractivity contribution in [2.24, 2.45) is 7.05 Å². The number of alkyl halides is 2. The van der Waals surface area contributed by atoms with Gasteiger partial charge in [-0.05, 0) is 37.7 Å². The molecule has 7 nitrogen and oxygen atoms in total. The number of halogens is 3. The highest BCUT2D eigenvalue weighted by atomic mass is 19.3. The Morgan fingerprint density at radius 2 is 2.14 bits per heavy atom. The number of nitrogens with one attached hydrogen (secondary N) is 1. The number of piperidine rings is 1. The van der Waals surface area contributed by atoms with Crippen LogP contribution >= 0.6 is 0 Å². The molecule has 2 heterocycles. The minimum absolute atomic E-state index is 0.0514. The fourth-order valence-corrected chi connectivity index (χ4v) is 3.85. The summed E-state index contributed by atoms with van der Waals surface area (Å²) in [7, 11) is 4.65. The van der Waals surface area contributed by atoms with Crippen LogP contribution in [-0.4, -0.2) is 66.6 Å². The number of aldehydes is 1. The van der Waals surface area contributed by atoms with Gasteiger partial charge in [0.15, 0.2) is 5.82 Å². The summed E-state index contributed by atoms with van der Waals surface area (Å²) in [5.41, 5.74) is 0.385. The van der Waals surface area contributed by atoms with Gasteiger partial charge in [0.1, 0.15) is 12.1 Å². The Kier molecular flexibility index (Phi) is 5.83. The molecule has 0 saturated carbocycles. The zero-order valence-electron chi connectivity index (χ0n) is 16.6. The molecule has 1 aromatic heterocycles. The SMILES string of the molecule is CNC(=O)N(CCC=O)c1nn(C)c2cc(C3CCN(C)CC3(F)F)c(F)cc12. The Labute approximate surface area is 166 Å². The van der Waals surface area contributed by atoms with Crippen molar-refractivity contribution in [3.8, 4) is 0 Å². The molecule has 2 aromatic rings. The van der Waals surface area contributed by atoms with E-state index in [9.17, 15) is 22.8 Å². The van der Waals surface area contributed by atoms with Crippen LogP contribution in [0.2, 0.25) is 0 Å². The molecule has 3 rings (SSSR count). The number of hydrogen-bond donors (Lipinski definition) is 1. The van der Waals surface area contributed by atoms with Gasteiger partial charge in [0.2, 0.25) is 0 Å². The Bertz CT molecular complexity index is 930. The quantitative estimate of drug-likeness (QED) is 0.768. The third-order valence-corrected chi connectivity index (χ3v) is 5.30. The van der Waals surface area contributed by atoms with Crippen molar-refractivity contribution in [1.29, 1.82) is 0 Å². The minimum Gasteiger partial charge on any atom is -0.341 e. The molecule has 0 radical (unpaired) electrons. The van der Waals surface area contributed by atoms with Gasteiger partial charge in [-0.3, -0.25) is 9.58 Å². The van der Waals surface area contributed by atoms with E-state index < -0.39 is 30.2 Å². The first kappa shape index (κ1) is 21.1. The second-order valence-corrected chi connectivity index (χ2v) is 7.34. The highest BCUT2D eigenvalue weighted by Gasteiger charge is 2.45. The van der Waals surface area contributed by atoms with E-state index in [0.717, 1.165) is 6.07 Å². The van der Waals surface area contributed by atoms with Crippen LogP contribution in [0.25, 0.3) is 10.9 Å². The number of hydrogen-bond acceptors (Lipinski definition) is 4. The lowest BCUT2D eigenvalue weighted by atomic mass is 9.85. The number of rotatable bonds is 5. The number of aromatic nitrogens is 2. The molecule has 1 atom stereocenters. The molecule has 158 valence electrons. The summed E-state index contributed by atoms with van der Waals surface area (Å²) in [6.45, 7) is 0.0815. The van der Waals surface area contributed by atoms with Crippen LogP contribution in [0.3, 0.4) is 0 Å². The molecule has 1 aromatic carbocycles. The van der Waals surface area contributed by atoms with Crippen molar-refractivity contribution < 1.29 is 22.8 Å². The number of likely N-dealkylation sites (tertiary alicyclic amines) is 1. The number of carbonyl (C=O) groups is 2. The van der Waals surface area contributed by atoms with Crippen molar-refractivity contribution in [3.63, 3.8) is 0 Å². The van der Waals surface area contributed by atoms with Crippen LogP contribution in [0.5, 0.6) is 0 Å². The maximum Gasteiger partial charge on any atom is 0.322 e. The van der Waals surface area contributed by atoms with Crippen molar-refractivity contribution in [2.75, 3.05) is 38.6 Å². The lowest BCUT2D eigenvalue weighted by Crippen LogP contribution is -2.45. The molecule has 1 aliphatic rings. The fraction of sp³-hybridized carbons (Fsp3) is 0.526. The summed E-state index contributed by atoms with van der Waals surface area (Å²) < 4.78 is 45.6. The van der Waals surface area contributed by atoms with Crippen LogP contribution in [-0.2, 0) is 11.8 Å². The number of nitrogens with zero attached hydrogens (tertiary/aromatic N) is 4. The summed E-state index contributed by atoms with van der Waals surface area (Å²) in [5, 5.41) is 7.07. The van der Waals surface area contributed by atoms with Crippen molar-refractivity contribution in [3.05, 3.63) is 23.5 Å². The molecule has 0 aliphatic carbocycles. The fourth-order valence-electron chi connectivity index (χ4n) is 3.85. The number of urea groups is 1. The Hall–Kier alpha value is -2.62. The van der Waals surface area contributed by atoms with E-state index in [-0.39, 0.29) is 30.8 Å². The first-order valence-electron chi connectivity index (χ1n) is 9.35. The highest BCUT2D eigenvalue weighted by molar-refractivity contribution is 6.01. The van der Waals surface area contributed by atoms with Crippen LogP contribution in [0.1, 0.15) is 24.3 Å². The largest absolute Gasteiger partial charge is 0.341 e. The van der Waals surface area contributed by atoms with Crippen LogP contribution in [0.15, 0.2) is 12.1 Å². The summed E-state index contributed by atoms with van der Waals surface area (Å²) in [4.78, 5) is 25.8. The predicted molar refractivity (Wildman–Crippen MR) is 103 cm³/mol. The average molecular weight is 411 g/mol. The van der Waals surface area contributed by atoms with Gasteiger partial charge in [-0.1, -0.05) is 0 Å². The van der Waals surface area contributed by atoms with Gasteiger partial charge < -0.3 is 15.0 Å². The summed E-state index contributed by atoms with van der Waals surface area (Å²) >= 11 is 0. The number of anilines is 1. The molecule has 10 heteroatoms. The normalized spacial score (nSPS) is 19.3. The van der Waals surface area contributed by atoms with Gasteiger partial charge in [0, 0.05) is 32.4 Å². The zero-order valence-corrected chi connectivity index (χ0v) is 16.6. The summed E-state index contributed by atoms with van der Waals surface area (Å²) in [6.07, 6.45) is 0.885. The van der Waals surface area contributed by atoms with Gasteiger partial charge >= 0.3 is 6.03 Å². The van der Waals surface area contributed by atoms with Gasteiger partial charge in [-0.2, -0.15) is 5.10 Å². The van der Waals surface area contributed by atoms with Gasteiger partial charge in [-0.25, -0.2) is 18.0 Å². The Balaban J connectivity index is 2.09. The maximum atomic E-state index is 15.0. The second-order valence-electron chi connectivity index (χ2n) is 7.34. The van der Waals surface area contributed by atoms with Gasteiger partial charge in [-0.15, -0.1) is 0 Å². The summed E-state index contributed by atoms with van der Waals surface area (Å²) in [6, 6.07) is 2.05. The van der Waals surface area contributed by atoms with Crippen molar-refractivity contribution in [1.82, 2.24) is 20.0 Å². The highest BCUT2D eigenvalue weighted by Crippen LogP contribution is 2.42. The number of benzene rings is 1. The molecule has 0 spiro atoms. The molecule has 0 bridgehead atoms. The van der Waals surface area contributed by atoms with Crippen molar-refractivity contribution >= 4 is 29.0 Å². The standard InChI is InChI=1S/C19H24F3N5O2/c1-23-18(29)27(6-4-8-28)17-13-9-15(20)12(10-16(13)26(3)24-17)14-5-7-25(2)11-19(14,21)22/h8-10,14H,4-7,11H2,1-3H3,(H,23,29). The smallest absolute Gasteiger partial charge is 0.322 e. The lowest BCUT2D eigenvalue weighted by molar-refractivity contribution is -0.107. The number of carbonyl (C=O) groups excluding carboxylic acids is 2. The Morgan fingerprint density at radius 1 is 1.41 bits per heavy atom. The van der Waals surface area contributed by atoms with Crippen molar-refractivity contribution in [2.45, 2.75) is 24.7 Å². The third-order valence-electron chi connectivity index (χ3n) is 5.30. The molecule has 29 heavy (non-hydrogen) atoms. The van der Waals surface area contributed by atoms with Gasteiger partial charge in [0.25, 0.3) is 5.92 Å². The lowest BCUT2D eigenvalue weighted by Gasteiger charge is -2.36. The topological polar surface area (TPSA) is 70.5 Å². The number of fused-ring (bicyclic) bond motifs is 1. The molecule has 2 amide bonds. The maximum absolute atomic E-state index is 15.0. The van der Waals surface area contributed by atoms with E-state index in [0.29, 0.717) is 23.7 Å². The first-order valence-corrected chi connectivity index (χ1v) is 9.35. The molecule has 1 saturated heterocycles. The predicted octanol–water partition coefficient (Wildman–Crippen LogP) is 2.50. The van der Waals surface area contributed by atoms with E-state index in [1.54, 1.807) is 14.1 Å². The Morgan fingerprint density at radius 3 is 2.76 bits per heavy atom. The van der Waals surface area contributed by atoms with Crippen LogP contribution in [0.4, 0.5) is 23.8 Å². The number of aryl methyl sites for hydroxylation is 1. The molecular formula is C19H24F3N5O2.